The topological polar surface area (TPSA) is 71.1 Å². The fraction of sp³-hybridized carbons (Fsp3) is 0.625. The molecule has 5 atom stereocenters. The van der Waals surface area contributed by atoms with E-state index in [-0.39, 0.29) is 18.1 Å². The van der Waals surface area contributed by atoms with E-state index in [0.717, 1.165) is 11.8 Å². The van der Waals surface area contributed by atoms with Gasteiger partial charge in [0.1, 0.15) is 6.10 Å². The van der Waals surface area contributed by atoms with E-state index in [0.29, 0.717) is 6.61 Å². The van der Waals surface area contributed by atoms with Gasteiger partial charge >= 0.3 is 0 Å². The Morgan fingerprint density at radius 2 is 1.91 bits per heavy atom. The maximum absolute atomic E-state index is 11.4. The van der Waals surface area contributed by atoms with Crippen molar-refractivity contribution in [2.24, 2.45) is 5.92 Å². The second kappa shape index (κ2) is 7.72. The summed E-state index contributed by atoms with van der Waals surface area (Å²) in [5.41, 5.74) is 1.07. The molecule has 1 fully saturated rings. The Morgan fingerprint density at radius 3 is 2.48 bits per heavy atom. The molecule has 6 nitrogen and oxygen atoms in total. The van der Waals surface area contributed by atoms with Crippen LogP contribution in [0.15, 0.2) is 30.3 Å². The molecule has 0 aromatic heterocycles. The van der Waals surface area contributed by atoms with Gasteiger partial charge < -0.3 is 14.2 Å². The summed E-state index contributed by atoms with van der Waals surface area (Å²) in [6.45, 7) is 4.24. The van der Waals surface area contributed by atoms with Gasteiger partial charge in [0.25, 0.3) is 10.1 Å². The van der Waals surface area contributed by atoms with Crippen LogP contribution in [0.5, 0.6) is 0 Å². The lowest BCUT2D eigenvalue weighted by atomic mass is 9.97. The minimum atomic E-state index is -3.59. The molecule has 0 saturated carbocycles. The van der Waals surface area contributed by atoms with Crippen molar-refractivity contribution >= 4 is 10.1 Å². The summed E-state index contributed by atoms with van der Waals surface area (Å²) in [4.78, 5) is 0. The third kappa shape index (κ3) is 4.99. The number of ether oxygens (including phenoxy) is 3. The molecule has 0 bridgehead atoms. The molecule has 0 amide bonds. The monoisotopic (exact) mass is 344 g/mol. The van der Waals surface area contributed by atoms with Crippen LogP contribution in [-0.2, 0) is 35.1 Å². The highest BCUT2D eigenvalue weighted by Crippen LogP contribution is 2.33. The molecular formula is C16H24O6S. The summed E-state index contributed by atoms with van der Waals surface area (Å²) in [5.74, 6) is -0.180. The Hall–Kier alpha value is -0.990. The van der Waals surface area contributed by atoms with E-state index >= 15 is 0 Å². The summed E-state index contributed by atoms with van der Waals surface area (Å²) in [7, 11) is -2.12. The molecule has 0 unspecified atom stereocenters. The minimum absolute atomic E-state index is 0.180. The lowest BCUT2D eigenvalue weighted by Crippen LogP contribution is -2.35. The van der Waals surface area contributed by atoms with Gasteiger partial charge in [-0.1, -0.05) is 37.3 Å². The van der Waals surface area contributed by atoms with Crippen LogP contribution in [0, 0.1) is 5.92 Å². The molecule has 0 spiro atoms. The zero-order valence-corrected chi connectivity index (χ0v) is 14.7. The molecule has 0 aliphatic carbocycles. The van der Waals surface area contributed by atoms with E-state index in [1.54, 1.807) is 0 Å². The van der Waals surface area contributed by atoms with Gasteiger partial charge in [0.05, 0.1) is 25.1 Å². The van der Waals surface area contributed by atoms with Crippen molar-refractivity contribution < 1.29 is 26.8 Å². The molecule has 1 aliphatic heterocycles. The molecule has 0 N–H and O–H groups in total. The van der Waals surface area contributed by atoms with Crippen LogP contribution in [0.1, 0.15) is 19.4 Å². The highest BCUT2D eigenvalue weighted by atomic mass is 32.2. The predicted molar refractivity (Wildman–Crippen MR) is 85.2 cm³/mol. The van der Waals surface area contributed by atoms with Crippen LogP contribution in [-0.4, -0.2) is 46.4 Å². The molecule has 1 aliphatic rings. The van der Waals surface area contributed by atoms with E-state index < -0.39 is 22.5 Å². The van der Waals surface area contributed by atoms with Gasteiger partial charge in [-0.05, 0) is 12.5 Å². The van der Waals surface area contributed by atoms with Crippen LogP contribution in [0.25, 0.3) is 0 Å². The largest absolute Gasteiger partial charge is 0.371 e. The van der Waals surface area contributed by atoms with Gasteiger partial charge in [-0.25, -0.2) is 0 Å². The van der Waals surface area contributed by atoms with E-state index in [2.05, 4.69) is 0 Å². The predicted octanol–water partition coefficient (Wildman–Crippen LogP) is 1.94. The molecule has 1 aromatic carbocycles. The summed E-state index contributed by atoms with van der Waals surface area (Å²) in [5, 5.41) is 0. The second-order valence-corrected chi connectivity index (χ2v) is 7.43. The standard InChI is InChI=1S/C16H24O6S/c1-11-14(12(2)20-10-13-8-6-5-7-9-13)21-16(19-3)15(11)22-23(4,17)18/h5-9,11-12,14-16H,10H2,1-4H3/t11-,12-,14+,15-,16+/m1/s1. The van der Waals surface area contributed by atoms with Crippen molar-refractivity contribution in [3.8, 4) is 0 Å². The van der Waals surface area contributed by atoms with Crippen molar-refractivity contribution in [3.63, 3.8) is 0 Å². The Balaban J connectivity index is 1.99. The van der Waals surface area contributed by atoms with E-state index in [9.17, 15) is 8.42 Å². The summed E-state index contributed by atoms with van der Waals surface area (Å²) < 4.78 is 44.8. The zero-order chi connectivity index (χ0) is 17.0. The van der Waals surface area contributed by atoms with Crippen LogP contribution >= 0.6 is 0 Å². The maximum Gasteiger partial charge on any atom is 0.264 e. The molecule has 7 heteroatoms. The van der Waals surface area contributed by atoms with E-state index in [4.69, 9.17) is 18.4 Å². The van der Waals surface area contributed by atoms with Crippen LogP contribution in [0.2, 0.25) is 0 Å². The van der Waals surface area contributed by atoms with Gasteiger partial charge in [-0.2, -0.15) is 8.42 Å². The first-order valence-corrected chi connectivity index (χ1v) is 9.35. The Kier molecular flexibility index (Phi) is 6.16. The molecule has 130 valence electrons. The van der Waals surface area contributed by atoms with Crippen molar-refractivity contribution in [1.82, 2.24) is 0 Å². The lowest BCUT2D eigenvalue weighted by Gasteiger charge is -2.23. The number of hydrogen-bond acceptors (Lipinski definition) is 6. The lowest BCUT2D eigenvalue weighted by molar-refractivity contribution is -0.165. The molecular weight excluding hydrogens is 320 g/mol. The van der Waals surface area contributed by atoms with Crippen LogP contribution < -0.4 is 0 Å². The van der Waals surface area contributed by atoms with Crippen molar-refractivity contribution in [2.45, 2.75) is 45.1 Å². The summed E-state index contributed by atoms with van der Waals surface area (Å²) in [6.07, 6.45) is -0.920. The van der Waals surface area contributed by atoms with Crippen molar-refractivity contribution in [3.05, 3.63) is 35.9 Å². The average Bonchev–Trinajstić information content (AvgIpc) is 2.81. The normalized spacial score (nSPS) is 29.6. The number of rotatable bonds is 7. The minimum Gasteiger partial charge on any atom is -0.371 e. The van der Waals surface area contributed by atoms with E-state index in [1.807, 2.05) is 44.2 Å². The van der Waals surface area contributed by atoms with Gasteiger partial charge in [-0.15, -0.1) is 0 Å². The number of hydrogen-bond donors (Lipinski definition) is 0. The SMILES string of the molecule is CO[C@H]1O[C@H]([C@@H](C)OCc2ccccc2)[C@@H](C)[C@H]1OS(C)(=O)=O. The van der Waals surface area contributed by atoms with Gasteiger partial charge in [0.15, 0.2) is 6.29 Å². The third-order valence-corrected chi connectivity index (χ3v) is 4.50. The first kappa shape index (κ1) is 18.4. The van der Waals surface area contributed by atoms with Crippen molar-refractivity contribution in [1.29, 1.82) is 0 Å². The van der Waals surface area contributed by atoms with Gasteiger partial charge in [0, 0.05) is 13.0 Å². The first-order chi connectivity index (χ1) is 10.8. The van der Waals surface area contributed by atoms with Crippen molar-refractivity contribution in [2.75, 3.05) is 13.4 Å². The molecule has 2 rings (SSSR count). The zero-order valence-electron chi connectivity index (χ0n) is 13.8. The fourth-order valence-electron chi connectivity index (χ4n) is 2.75. The molecule has 1 saturated heterocycles. The number of benzene rings is 1. The van der Waals surface area contributed by atoms with Crippen LogP contribution in [0.3, 0.4) is 0 Å². The highest BCUT2D eigenvalue weighted by Gasteiger charge is 2.47. The molecule has 0 radical (unpaired) electrons. The third-order valence-electron chi connectivity index (χ3n) is 3.93. The van der Waals surface area contributed by atoms with Gasteiger partial charge in [0.2, 0.25) is 0 Å². The van der Waals surface area contributed by atoms with Gasteiger partial charge in [-0.3, -0.25) is 4.18 Å². The molecule has 23 heavy (non-hydrogen) atoms. The molecule has 1 heterocycles. The Morgan fingerprint density at radius 1 is 1.26 bits per heavy atom. The smallest absolute Gasteiger partial charge is 0.264 e. The van der Waals surface area contributed by atoms with E-state index in [1.165, 1.54) is 7.11 Å². The Labute approximate surface area is 137 Å². The fourth-order valence-corrected chi connectivity index (χ4v) is 3.42. The second-order valence-electron chi connectivity index (χ2n) is 5.83. The number of methoxy groups -OCH3 is 1. The first-order valence-electron chi connectivity index (χ1n) is 7.54. The molecule has 1 aromatic rings. The Bertz CT molecular complexity index is 588. The average molecular weight is 344 g/mol. The summed E-state index contributed by atoms with van der Waals surface area (Å²) >= 11 is 0. The quantitative estimate of drug-likeness (QED) is 0.704. The summed E-state index contributed by atoms with van der Waals surface area (Å²) in [6, 6.07) is 9.83. The maximum atomic E-state index is 11.4. The highest BCUT2D eigenvalue weighted by molar-refractivity contribution is 7.86. The van der Waals surface area contributed by atoms with Crippen LogP contribution in [0.4, 0.5) is 0 Å².